The molecule has 1 aliphatic rings. The molecule has 1 fully saturated rings. The number of hydrogen-bond acceptors (Lipinski definition) is 6. The van der Waals surface area contributed by atoms with Gasteiger partial charge in [-0.25, -0.2) is 13.5 Å². The minimum Gasteiger partial charge on any atom is -0.344 e. The van der Waals surface area contributed by atoms with Gasteiger partial charge in [-0.3, -0.25) is 14.9 Å². The summed E-state index contributed by atoms with van der Waals surface area (Å²) in [6.45, 7) is 0. The first-order valence-electron chi connectivity index (χ1n) is 5.14. The first-order chi connectivity index (χ1) is 8.46. The van der Waals surface area contributed by atoms with Crippen LogP contribution in [-0.4, -0.2) is 53.0 Å². The van der Waals surface area contributed by atoms with E-state index in [2.05, 4.69) is 25.8 Å². The molecule has 9 nitrogen and oxygen atoms in total. The zero-order valence-electron chi connectivity index (χ0n) is 9.21. The van der Waals surface area contributed by atoms with Gasteiger partial charge in [-0.05, 0) is 6.42 Å². The third kappa shape index (κ3) is 3.03. The first-order valence-corrected chi connectivity index (χ1v) is 6.96. The lowest BCUT2D eigenvalue weighted by Gasteiger charge is -2.09. The van der Waals surface area contributed by atoms with Crippen LogP contribution in [0.2, 0.25) is 0 Å². The number of rotatable bonds is 2. The van der Waals surface area contributed by atoms with Crippen molar-refractivity contribution in [3.05, 3.63) is 6.33 Å². The van der Waals surface area contributed by atoms with Gasteiger partial charge in [0.05, 0.1) is 11.5 Å². The third-order valence-corrected chi connectivity index (χ3v) is 4.19. The number of H-pyrrole nitrogens is 1. The van der Waals surface area contributed by atoms with Gasteiger partial charge >= 0.3 is 11.8 Å². The first kappa shape index (κ1) is 12.5. The summed E-state index contributed by atoms with van der Waals surface area (Å²) >= 11 is 0. The van der Waals surface area contributed by atoms with Crippen molar-refractivity contribution in [1.82, 2.24) is 20.5 Å². The highest BCUT2D eigenvalue weighted by molar-refractivity contribution is 7.91. The number of sulfone groups is 1. The van der Waals surface area contributed by atoms with Crippen molar-refractivity contribution in [2.24, 2.45) is 0 Å². The van der Waals surface area contributed by atoms with Crippen molar-refractivity contribution >= 4 is 27.6 Å². The van der Waals surface area contributed by atoms with Crippen LogP contribution in [0.1, 0.15) is 6.42 Å². The van der Waals surface area contributed by atoms with Crippen LogP contribution in [0, 0.1) is 0 Å². The lowest BCUT2D eigenvalue weighted by Crippen LogP contribution is -2.42. The van der Waals surface area contributed by atoms with E-state index in [9.17, 15) is 18.0 Å². The Morgan fingerprint density at radius 3 is 2.72 bits per heavy atom. The molecule has 1 aromatic rings. The lowest BCUT2D eigenvalue weighted by atomic mass is 10.2. The van der Waals surface area contributed by atoms with Crippen LogP contribution >= 0.6 is 0 Å². The molecule has 0 radical (unpaired) electrons. The van der Waals surface area contributed by atoms with E-state index in [0.717, 1.165) is 0 Å². The maximum Gasteiger partial charge on any atom is 0.316 e. The molecule has 0 aromatic carbocycles. The molecule has 0 aliphatic carbocycles. The number of anilines is 1. The molecule has 2 rings (SSSR count). The number of hydrogen-bond donors (Lipinski definition) is 3. The second kappa shape index (κ2) is 4.72. The molecule has 1 unspecified atom stereocenters. The Kier molecular flexibility index (Phi) is 3.28. The Morgan fingerprint density at radius 2 is 2.17 bits per heavy atom. The zero-order chi connectivity index (χ0) is 13.2. The Balaban J connectivity index is 1.87. The average Bonchev–Trinajstić information content (AvgIpc) is 2.88. The number of carbonyl (C=O) groups is 2. The second-order valence-corrected chi connectivity index (χ2v) is 6.09. The van der Waals surface area contributed by atoms with Crippen molar-refractivity contribution in [3.63, 3.8) is 0 Å². The minimum absolute atomic E-state index is 0.0294. The van der Waals surface area contributed by atoms with Crippen LogP contribution < -0.4 is 10.6 Å². The number of nitrogens with zero attached hydrogens (tertiary/aromatic N) is 2. The van der Waals surface area contributed by atoms with E-state index >= 15 is 0 Å². The van der Waals surface area contributed by atoms with Crippen molar-refractivity contribution in [1.29, 1.82) is 0 Å². The topological polar surface area (TPSA) is 134 Å². The summed E-state index contributed by atoms with van der Waals surface area (Å²) in [5.74, 6) is -1.87. The van der Waals surface area contributed by atoms with Gasteiger partial charge in [0.15, 0.2) is 9.84 Å². The van der Waals surface area contributed by atoms with E-state index in [1.807, 2.05) is 0 Å². The fraction of sp³-hybridized carbons (Fsp3) is 0.500. The van der Waals surface area contributed by atoms with Crippen molar-refractivity contribution in [2.45, 2.75) is 12.5 Å². The van der Waals surface area contributed by atoms with Crippen LogP contribution in [0.4, 0.5) is 5.95 Å². The number of carbonyl (C=O) groups excluding carboxylic acids is 2. The molecule has 0 spiro atoms. The lowest BCUT2D eigenvalue weighted by molar-refractivity contribution is -0.136. The van der Waals surface area contributed by atoms with E-state index in [4.69, 9.17) is 0 Å². The quantitative estimate of drug-likeness (QED) is 0.536. The third-order valence-electron chi connectivity index (χ3n) is 2.42. The summed E-state index contributed by atoms with van der Waals surface area (Å²) in [5, 5.41) is 10.4. The highest BCUT2D eigenvalue weighted by Crippen LogP contribution is 2.11. The predicted octanol–water partition coefficient (Wildman–Crippen LogP) is -1.95. The monoisotopic (exact) mass is 273 g/mol. The second-order valence-electron chi connectivity index (χ2n) is 3.86. The Labute approximate surface area is 102 Å². The van der Waals surface area contributed by atoms with Gasteiger partial charge in [0.25, 0.3) is 0 Å². The largest absolute Gasteiger partial charge is 0.344 e. The Bertz CT molecular complexity index is 552. The zero-order valence-corrected chi connectivity index (χ0v) is 10.0. The van der Waals surface area contributed by atoms with Crippen LogP contribution in [0.15, 0.2) is 6.33 Å². The molecule has 98 valence electrons. The summed E-state index contributed by atoms with van der Waals surface area (Å²) in [6, 6.07) is -0.511. The average molecular weight is 273 g/mol. The number of nitrogens with one attached hydrogen (secondary N) is 3. The predicted molar refractivity (Wildman–Crippen MR) is 60.2 cm³/mol. The summed E-state index contributed by atoms with van der Waals surface area (Å²) in [6.07, 6.45) is 1.50. The van der Waals surface area contributed by atoms with Crippen LogP contribution in [-0.2, 0) is 19.4 Å². The van der Waals surface area contributed by atoms with E-state index < -0.39 is 27.7 Å². The van der Waals surface area contributed by atoms with Gasteiger partial charge in [-0.1, -0.05) is 0 Å². The molecule has 3 N–H and O–H groups in total. The summed E-state index contributed by atoms with van der Waals surface area (Å²) in [4.78, 5) is 26.5. The SMILES string of the molecule is O=C(Nc1ncn[nH]1)C(=O)NC1CCS(=O)(=O)C1. The Morgan fingerprint density at radius 1 is 1.39 bits per heavy atom. The number of aromatic nitrogens is 3. The number of amides is 2. The van der Waals surface area contributed by atoms with Gasteiger partial charge in [0, 0.05) is 6.04 Å². The van der Waals surface area contributed by atoms with Gasteiger partial charge < -0.3 is 5.32 Å². The van der Waals surface area contributed by atoms with Crippen LogP contribution in [0.5, 0.6) is 0 Å². The van der Waals surface area contributed by atoms with Crippen molar-refractivity contribution in [2.75, 3.05) is 16.8 Å². The molecule has 18 heavy (non-hydrogen) atoms. The van der Waals surface area contributed by atoms with E-state index in [1.54, 1.807) is 0 Å². The van der Waals surface area contributed by atoms with E-state index in [-0.39, 0.29) is 17.5 Å². The van der Waals surface area contributed by atoms with Crippen LogP contribution in [0.3, 0.4) is 0 Å². The van der Waals surface area contributed by atoms with Gasteiger partial charge in [0.2, 0.25) is 5.95 Å². The van der Waals surface area contributed by atoms with Crippen molar-refractivity contribution in [3.8, 4) is 0 Å². The molecule has 2 amide bonds. The molecule has 0 saturated carbocycles. The molecule has 10 heteroatoms. The van der Waals surface area contributed by atoms with E-state index in [1.165, 1.54) is 6.33 Å². The fourth-order valence-corrected chi connectivity index (χ4v) is 3.26. The van der Waals surface area contributed by atoms with Gasteiger partial charge in [-0.15, -0.1) is 0 Å². The Hall–Kier alpha value is -1.97. The molecule has 1 atom stereocenters. The molecular weight excluding hydrogens is 262 g/mol. The molecular formula is C8H11N5O4S. The van der Waals surface area contributed by atoms with Gasteiger partial charge in [-0.2, -0.15) is 10.1 Å². The standard InChI is InChI=1S/C8H11N5O4S/c14-6(7(15)12-8-9-4-10-13-8)11-5-1-2-18(16,17)3-5/h4-5H,1-3H2,(H,11,14)(H2,9,10,12,13,15). The smallest absolute Gasteiger partial charge is 0.316 e. The fourth-order valence-electron chi connectivity index (χ4n) is 1.59. The summed E-state index contributed by atoms with van der Waals surface area (Å²) in [7, 11) is -3.09. The highest BCUT2D eigenvalue weighted by atomic mass is 32.2. The molecule has 1 aromatic heterocycles. The molecule has 2 heterocycles. The highest BCUT2D eigenvalue weighted by Gasteiger charge is 2.30. The van der Waals surface area contributed by atoms with Crippen molar-refractivity contribution < 1.29 is 18.0 Å². The van der Waals surface area contributed by atoms with Crippen LogP contribution in [0.25, 0.3) is 0 Å². The summed E-state index contributed by atoms with van der Waals surface area (Å²) in [5.41, 5.74) is 0. The summed E-state index contributed by atoms with van der Waals surface area (Å²) < 4.78 is 22.3. The normalized spacial score (nSPS) is 21.4. The van der Waals surface area contributed by atoms with E-state index in [0.29, 0.717) is 6.42 Å². The number of aromatic amines is 1. The molecule has 1 aliphatic heterocycles. The molecule has 1 saturated heterocycles. The maximum absolute atomic E-state index is 11.5. The molecule has 0 bridgehead atoms. The van der Waals surface area contributed by atoms with Gasteiger partial charge in [0.1, 0.15) is 6.33 Å². The maximum atomic E-state index is 11.5. The minimum atomic E-state index is -3.09.